The summed E-state index contributed by atoms with van der Waals surface area (Å²) in [5.74, 6) is 0.638. The Morgan fingerprint density at radius 1 is 1.35 bits per heavy atom. The van der Waals surface area contributed by atoms with Crippen molar-refractivity contribution >= 4 is 0 Å². The van der Waals surface area contributed by atoms with Crippen molar-refractivity contribution in [3.63, 3.8) is 0 Å². The monoisotopic (exact) mass is 236 g/mol. The molecule has 2 aliphatic heterocycles. The number of epoxide rings is 2. The number of ether oxygens (including phenoxy) is 2. The Morgan fingerprint density at radius 2 is 2.12 bits per heavy atom. The van der Waals surface area contributed by atoms with E-state index in [1.807, 2.05) is 0 Å². The Bertz CT molecular complexity index is 339. The fourth-order valence-corrected chi connectivity index (χ4v) is 3.66. The van der Waals surface area contributed by atoms with Crippen molar-refractivity contribution < 1.29 is 9.47 Å². The summed E-state index contributed by atoms with van der Waals surface area (Å²) in [6, 6.07) is 0. The van der Waals surface area contributed by atoms with E-state index >= 15 is 0 Å². The van der Waals surface area contributed by atoms with E-state index in [1.165, 1.54) is 31.3 Å². The summed E-state index contributed by atoms with van der Waals surface area (Å²) in [6.45, 7) is 7.60. The third kappa shape index (κ3) is 1.96. The molecule has 96 valence electrons. The van der Waals surface area contributed by atoms with Gasteiger partial charge in [0, 0.05) is 5.92 Å². The van der Waals surface area contributed by atoms with Crippen molar-refractivity contribution in [1.82, 2.24) is 0 Å². The molecule has 0 bridgehead atoms. The third-order valence-corrected chi connectivity index (χ3v) is 4.90. The average molecular weight is 236 g/mol. The third-order valence-electron chi connectivity index (χ3n) is 4.90. The number of hydrogen-bond donors (Lipinski definition) is 0. The Labute approximate surface area is 104 Å². The smallest absolute Gasteiger partial charge is 0.0979 e. The SMILES string of the molecule is CC(C)=CC[C@H]1O[C@]1(C)C1CCCC[C@]12CO2. The molecule has 3 fully saturated rings. The van der Waals surface area contributed by atoms with Crippen LogP contribution in [0.25, 0.3) is 0 Å². The highest BCUT2D eigenvalue weighted by atomic mass is 16.6. The molecule has 0 aromatic rings. The summed E-state index contributed by atoms with van der Waals surface area (Å²) in [4.78, 5) is 0. The maximum absolute atomic E-state index is 6.05. The minimum absolute atomic E-state index is 0.100. The zero-order valence-electron chi connectivity index (χ0n) is 11.3. The topological polar surface area (TPSA) is 25.1 Å². The predicted molar refractivity (Wildman–Crippen MR) is 68.0 cm³/mol. The zero-order valence-corrected chi connectivity index (χ0v) is 11.3. The van der Waals surface area contributed by atoms with E-state index in [4.69, 9.17) is 9.47 Å². The molecule has 0 aromatic heterocycles. The molecule has 0 N–H and O–H groups in total. The molecule has 3 rings (SSSR count). The molecule has 1 spiro atoms. The molecule has 2 heterocycles. The van der Waals surface area contributed by atoms with Crippen LogP contribution >= 0.6 is 0 Å². The molecular weight excluding hydrogens is 212 g/mol. The van der Waals surface area contributed by atoms with Crippen LogP contribution in [0, 0.1) is 5.92 Å². The standard InChI is InChI=1S/C15H24O2/c1-11(2)7-8-13-14(3,17-13)12-6-4-5-9-15(12)10-16-15/h7,12-13H,4-6,8-10H2,1-3H3/t12?,13-,14-,15+/m1/s1. The van der Waals surface area contributed by atoms with Gasteiger partial charge >= 0.3 is 0 Å². The van der Waals surface area contributed by atoms with Crippen LogP contribution in [-0.4, -0.2) is 23.9 Å². The molecule has 17 heavy (non-hydrogen) atoms. The van der Waals surface area contributed by atoms with Gasteiger partial charge in [-0.15, -0.1) is 0 Å². The highest BCUT2D eigenvalue weighted by Gasteiger charge is 2.67. The van der Waals surface area contributed by atoms with Crippen LogP contribution in [-0.2, 0) is 9.47 Å². The van der Waals surface area contributed by atoms with Gasteiger partial charge in [-0.25, -0.2) is 0 Å². The Hall–Kier alpha value is -0.340. The van der Waals surface area contributed by atoms with Crippen LogP contribution in [0.1, 0.15) is 52.9 Å². The average Bonchev–Trinajstić information content (AvgIpc) is 3.17. The first-order chi connectivity index (χ1) is 8.07. The highest BCUT2D eigenvalue weighted by molar-refractivity contribution is 5.16. The van der Waals surface area contributed by atoms with Gasteiger partial charge in [0.1, 0.15) is 0 Å². The lowest BCUT2D eigenvalue weighted by molar-refractivity contribution is 0.0886. The summed E-state index contributed by atoms with van der Waals surface area (Å²) in [5, 5.41) is 0. The van der Waals surface area contributed by atoms with Gasteiger partial charge in [-0.1, -0.05) is 24.5 Å². The molecule has 0 radical (unpaired) electrons. The van der Waals surface area contributed by atoms with Gasteiger partial charge < -0.3 is 9.47 Å². The summed E-state index contributed by atoms with van der Waals surface area (Å²) in [6.07, 6.45) is 9.05. The van der Waals surface area contributed by atoms with Crippen LogP contribution < -0.4 is 0 Å². The van der Waals surface area contributed by atoms with Crippen molar-refractivity contribution in [1.29, 1.82) is 0 Å². The van der Waals surface area contributed by atoms with Gasteiger partial charge in [-0.3, -0.25) is 0 Å². The summed E-state index contributed by atoms with van der Waals surface area (Å²) < 4.78 is 11.8. The lowest BCUT2D eigenvalue weighted by Gasteiger charge is -2.32. The largest absolute Gasteiger partial charge is 0.369 e. The molecule has 4 atom stereocenters. The maximum Gasteiger partial charge on any atom is 0.0979 e. The molecule has 2 nitrogen and oxygen atoms in total. The molecule has 1 saturated carbocycles. The number of rotatable bonds is 3. The zero-order chi connectivity index (χ0) is 12.1. The molecular formula is C15H24O2. The number of hydrogen-bond acceptors (Lipinski definition) is 2. The quantitative estimate of drug-likeness (QED) is 0.554. The van der Waals surface area contributed by atoms with Gasteiger partial charge in [0.2, 0.25) is 0 Å². The van der Waals surface area contributed by atoms with E-state index in [2.05, 4.69) is 26.8 Å². The van der Waals surface area contributed by atoms with Crippen molar-refractivity contribution in [2.24, 2.45) is 5.92 Å². The molecule has 1 aliphatic carbocycles. The Morgan fingerprint density at radius 3 is 2.76 bits per heavy atom. The minimum atomic E-state index is 0.100. The van der Waals surface area contributed by atoms with Crippen molar-refractivity contribution in [2.45, 2.75) is 70.2 Å². The van der Waals surface area contributed by atoms with E-state index in [1.54, 1.807) is 0 Å². The van der Waals surface area contributed by atoms with E-state index < -0.39 is 0 Å². The lowest BCUT2D eigenvalue weighted by atomic mass is 9.71. The van der Waals surface area contributed by atoms with Gasteiger partial charge in [0.25, 0.3) is 0 Å². The van der Waals surface area contributed by atoms with Gasteiger partial charge in [0.15, 0.2) is 0 Å². The van der Waals surface area contributed by atoms with Gasteiger partial charge in [0.05, 0.1) is 23.9 Å². The lowest BCUT2D eigenvalue weighted by Crippen LogP contribution is -2.39. The van der Waals surface area contributed by atoms with Crippen LogP contribution in [0.5, 0.6) is 0 Å². The predicted octanol–water partition coefficient (Wildman–Crippen LogP) is 3.46. The fourth-order valence-electron chi connectivity index (χ4n) is 3.66. The van der Waals surface area contributed by atoms with Crippen molar-refractivity contribution in [3.8, 4) is 0 Å². The molecule has 0 aromatic carbocycles. The second kappa shape index (κ2) is 3.83. The van der Waals surface area contributed by atoms with E-state index in [0.717, 1.165) is 13.0 Å². The first-order valence-electron chi connectivity index (χ1n) is 7.02. The summed E-state index contributed by atoms with van der Waals surface area (Å²) in [7, 11) is 0. The van der Waals surface area contributed by atoms with Crippen molar-refractivity contribution in [3.05, 3.63) is 11.6 Å². The maximum atomic E-state index is 6.05. The fraction of sp³-hybridized carbons (Fsp3) is 0.867. The second-order valence-corrected chi connectivity index (χ2v) is 6.46. The van der Waals surface area contributed by atoms with Gasteiger partial charge in [-0.2, -0.15) is 0 Å². The minimum Gasteiger partial charge on any atom is -0.369 e. The van der Waals surface area contributed by atoms with E-state index in [-0.39, 0.29) is 11.2 Å². The molecule has 2 saturated heterocycles. The normalized spacial score (nSPS) is 47.9. The van der Waals surface area contributed by atoms with Crippen LogP contribution in [0.3, 0.4) is 0 Å². The Kier molecular flexibility index (Phi) is 2.64. The summed E-state index contributed by atoms with van der Waals surface area (Å²) >= 11 is 0. The second-order valence-electron chi connectivity index (χ2n) is 6.46. The van der Waals surface area contributed by atoms with Crippen LogP contribution in [0.15, 0.2) is 11.6 Å². The van der Waals surface area contributed by atoms with E-state index in [9.17, 15) is 0 Å². The van der Waals surface area contributed by atoms with Crippen molar-refractivity contribution in [2.75, 3.05) is 6.61 Å². The van der Waals surface area contributed by atoms with E-state index in [0.29, 0.717) is 12.0 Å². The van der Waals surface area contributed by atoms with Crippen LogP contribution in [0.4, 0.5) is 0 Å². The Balaban J connectivity index is 1.66. The molecule has 1 unspecified atom stereocenters. The molecule has 3 aliphatic rings. The van der Waals surface area contributed by atoms with Gasteiger partial charge in [-0.05, 0) is 40.0 Å². The summed E-state index contributed by atoms with van der Waals surface area (Å²) in [5.41, 5.74) is 1.71. The number of allylic oxidation sites excluding steroid dienone is 1. The first-order valence-corrected chi connectivity index (χ1v) is 7.02. The molecule has 0 amide bonds. The first kappa shape index (κ1) is 11.7. The highest BCUT2D eigenvalue weighted by Crippen LogP contribution is 2.58. The molecule has 2 heteroatoms. The van der Waals surface area contributed by atoms with Crippen LogP contribution in [0.2, 0.25) is 0 Å².